The highest BCUT2D eigenvalue weighted by atomic mass is 32.2. The second-order valence-corrected chi connectivity index (χ2v) is 10.4. The highest BCUT2D eigenvalue weighted by Gasteiger charge is 2.18. The zero-order valence-electron chi connectivity index (χ0n) is 19.9. The summed E-state index contributed by atoms with van der Waals surface area (Å²) in [5, 5.41) is 21.6. The maximum Gasteiger partial charge on any atom is 0.238 e. The van der Waals surface area contributed by atoms with Crippen LogP contribution in [0.25, 0.3) is 5.69 Å². The van der Waals surface area contributed by atoms with Crippen molar-refractivity contribution in [3.05, 3.63) is 71.8 Å². The lowest BCUT2D eigenvalue weighted by molar-refractivity contribution is -0.113. The van der Waals surface area contributed by atoms with Crippen LogP contribution in [0.1, 0.15) is 17.2 Å². The third-order valence-electron chi connectivity index (χ3n) is 5.22. The number of nitrogens with one attached hydrogen (secondary N) is 1. The van der Waals surface area contributed by atoms with Crippen LogP contribution in [-0.2, 0) is 21.4 Å². The zero-order valence-corrected chi connectivity index (χ0v) is 21.5. The van der Waals surface area contributed by atoms with Gasteiger partial charge in [0.05, 0.1) is 23.5 Å². The molecule has 0 radical (unpaired) electrons. The molecule has 0 saturated carbocycles. The van der Waals surface area contributed by atoms with Gasteiger partial charge in [0.25, 0.3) is 0 Å². The van der Waals surface area contributed by atoms with Gasteiger partial charge in [-0.3, -0.25) is 14.0 Å². The molecule has 188 valence electrons. The predicted molar refractivity (Wildman–Crippen MR) is 136 cm³/mol. The van der Waals surface area contributed by atoms with Crippen LogP contribution in [-0.4, -0.2) is 51.7 Å². The largest absolute Gasteiger partial charge is 0.497 e. The lowest BCUT2D eigenvalue weighted by atomic mass is 10.3. The molecule has 4 aromatic rings. The number of sulfonamides is 1. The maximum absolute atomic E-state index is 12.6. The number of carbonyl (C=O) groups excluding carboxylic acids is 1. The average molecular weight is 528 g/mol. The monoisotopic (exact) mass is 527 g/mol. The molecular weight excluding hydrogens is 502 g/mol. The number of rotatable bonds is 9. The van der Waals surface area contributed by atoms with E-state index in [0.717, 1.165) is 17.1 Å². The lowest BCUT2D eigenvalue weighted by Crippen LogP contribution is -2.16. The summed E-state index contributed by atoms with van der Waals surface area (Å²) in [6.45, 7) is 4.31. The van der Waals surface area contributed by atoms with Crippen molar-refractivity contribution in [3.8, 4) is 11.4 Å². The fourth-order valence-corrected chi connectivity index (χ4v) is 4.80. The number of benzene rings is 2. The SMILES string of the molecule is COc1ccc(-n2c(Cn3nc(C)cc3C)nnc2SCC(=O)Nc2ccc(S(N)(=O)=O)cc2)cc1. The van der Waals surface area contributed by atoms with E-state index >= 15 is 0 Å². The number of aromatic nitrogens is 5. The molecule has 2 aromatic heterocycles. The molecule has 0 aliphatic heterocycles. The lowest BCUT2D eigenvalue weighted by Gasteiger charge is -2.12. The number of nitrogens with zero attached hydrogens (tertiary/aromatic N) is 5. The maximum atomic E-state index is 12.6. The molecule has 0 atom stereocenters. The summed E-state index contributed by atoms with van der Waals surface area (Å²) >= 11 is 1.23. The van der Waals surface area contributed by atoms with E-state index in [4.69, 9.17) is 9.88 Å². The normalized spacial score (nSPS) is 11.4. The summed E-state index contributed by atoms with van der Waals surface area (Å²) in [5.41, 5.74) is 3.18. The number of ether oxygens (including phenoxy) is 1. The number of aryl methyl sites for hydroxylation is 2. The Morgan fingerprint density at radius 1 is 1.08 bits per heavy atom. The number of nitrogens with two attached hydrogens (primary N) is 1. The van der Waals surface area contributed by atoms with Gasteiger partial charge in [0.15, 0.2) is 11.0 Å². The van der Waals surface area contributed by atoms with E-state index in [-0.39, 0.29) is 16.6 Å². The van der Waals surface area contributed by atoms with Crippen LogP contribution >= 0.6 is 11.8 Å². The summed E-state index contributed by atoms with van der Waals surface area (Å²) in [7, 11) is -2.20. The van der Waals surface area contributed by atoms with Crippen molar-refractivity contribution in [2.45, 2.75) is 30.4 Å². The van der Waals surface area contributed by atoms with Gasteiger partial charge < -0.3 is 10.1 Å². The van der Waals surface area contributed by atoms with Gasteiger partial charge in [0.1, 0.15) is 12.3 Å². The molecule has 0 unspecified atom stereocenters. The van der Waals surface area contributed by atoms with Gasteiger partial charge in [-0.05, 0) is 68.4 Å². The third-order valence-corrected chi connectivity index (χ3v) is 7.08. The Kier molecular flexibility index (Phi) is 7.43. The van der Waals surface area contributed by atoms with Crippen molar-refractivity contribution in [2.24, 2.45) is 5.14 Å². The van der Waals surface area contributed by atoms with Crippen LogP contribution in [0.4, 0.5) is 5.69 Å². The number of anilines is 1. The van der Waals surface area contributed by atoms with Crippen molar-refractivity contribution in [2.75, 3.05) is 18.2 Å². The molecule has 4 rings (SSSR count). The number of primary sulfonamides is 1. The highest BCUT2D eigenvalue weighted by Crippen LogP contribution is 2.25. The Bertz CT molecular complexity index is 1480. The summed E-state index contributed by atoms with van der Waals surface area (Å²) < 4.78 is 31.8. The molecule has 0 bridgehead atoms. The van der Waals surface area contributed by atoms with Gasteiger partial charge in [-0.15, -0.1) is 10.2 Å². The van der Waals surface area contributed by atoms with Gasteiger partial charge in [0, 0.05) is 17.1 Å². The summed E-state index contributed by atoms with van der Waals surface area (Å²) in [5.74, 6) is 1.15. The van der Waals surface area contributed by atoms with E-state index in [1.807, 2.05) is 53.4 Å². The predicted octanol–water partition coefficient (Wildman–Crippen LogP) is 2.52. The fraction of sp³-hybridized carbons (Fsp3) is 0.217. The minimum absolute atomic E-state index is 0.0300. The van der Waals surface area contributed by atoms with Crippen LogP contribution in [0.5, 0.6) is 5.75 Å². The van der Waals surface area contributed by atoms with E-state index < -0.39 is 10.0 Å². The highest BCUT2D eigenvalue weighted by molar-refractivity contribution is 7.99. The molecule has 11 nitrogen and oxygen atoms in total. The number of methoxy groups -OCH3 is 1. The van der Waals surface area contributed by atoms with Gasteiger partial charge in [0.2, 0.25) is 15.9 Å². The van der Waals surface area contributed by atoms with E-state index in [2.05, 4.69) is 20.6 Å². The standard InChI is InChI=1S/C23H25N7O4S2/c1-15-12-16(2)29(28-15)13-21-26-27-23(30(21)18-6-8-19(34-3)9-7-18)35-14-22(31)25-17-4-10-20(11-5-17)36(24,32)33/h4-12H,13-14H2,1-3H3,(H,25,31)(H2,24,32,33). The molecule has 2 heterocycles. The summed E-state index contributed by atoms with van der Waals surface area (Å²) in [4.78, 5) is 12.6. The van der Waals surface area contributed by atoms with Crippen molar-refractivity contribution in [3.63, 3.8) is 0 Å². The number of hydrogen-bond donors (Lipinski definition) is 2. The second kappa shape index (κ2) is 10.5. The van der Waals surface area contributed by atoms with Crippen molar-refractivity contribution < 1.29 is 17.9 Å². The van der Waals surface area contributed by atoms with E-state index in [1.54, 1.807) is 7.11 Å². The fourth-order valence-electron chi connectivity index (χ4n) is 3.51. The van der Waals surface area contributed by atoms with E-state index in [0.29, 0.717) is 29.0 Å². The van der Waals surface area contributed by atoms with Crippen molar-refractivity contribution in [1.82, 2.24) is 24.5 Å². The van der Waals surface area contributed by atoms with Crippen LogP contribution in [0.2, 0.25) is 0 Å². The number of carbonyl (C=O) groups is 1. The first-order valence-electron chi connectivity index (χ1n) is 10.8. The quantitative estimate of drug-likeness (QED) is 0.316. The summed E-state index contributed by atoms with van der Waals surface area (Å²) in [6.07, 6.45) is 0. The first-order chi connectivity index (χ1) is 17.1. The van der Waals surface area contributed by atoms with Crippen LogP contribution in [0.3, 0.4) is 0 Å². The minimum Gasteiger partial charge on any atom is -0.497 e. The van der Waals surface area contributed by atoms with Gasteiger partial charge >= 0.3 is 0 Å². The first kappa shape index (κ1) is 25.4. The molecule has 0 aliphatic rings. The van der Waals surface area contributed by atoms with Crippen LogP contribution in [0, 0.1) is 13.8 Å². The first-order valence-corrected chi connectivity index (χ1v) is 13.3. The second-order valence-electron chi connectivity index (χ2n) is 7.92. The van der Waals surface area contributed by atoms with Gasteiger partial charge in [-0.1, -0.05) is 11.8 Å². The van der Waals surface area contributed by atoms with E-state index in [1.165, 1.54) is 36.0 Å². The van der Waals surface area contributed by atoms with Crippen molar-refractivity contribution in [1.29, 1.82) is 0 Å². The number of thioether (sulfide) groups is 1. The topological polar surface area (TPSA) is 147 Å². The zero-order chi connectivity index (χ0) is 25.9. The Balaban J connectivity index is 1.53. The third kappa shape index (κ3) is 5.93. The molecule has 36 heavy (non-hydrogen) atoms. The molecule has 1 amide bonds. The molecule has 0 spiro atoms. The average Bonchev–Trinajstić information content (AvgIpc) is 3.39. The molecule has 13 heteroatoms. The van der Waals surface area contributed by atoms with E-state index in [9.17, 15) is 13.2 Å². The van der Waals surface area contributed by atoms with Crippen molar-refractivity contribution >= 4 is 33.4 Å². The molecule has 0 saturated heterocycles. The molecule has 3 N–H and O–H groups in total. The molecule has 2 aromatic carbocycles. The molecular formula is C23H25N7O4S2. The molecule has 0 aliphatic carbocycles. The van der Waals surface area contributed by atoms with Crippen LogP contribution in [0.15, 0.2) is 64.6 Å². The smallest absolute Gasteiger partial charge is 0.238 e. The number of amides is 1. The Morgan fingerprint density at radius 3 is 2.36 bits per heavy atom. The number of hydrogen-bond acceptors (Lipinski definition) is 8. The minimum atomic E-state index is -3.80. The Hall–Kier alpha value is -3.68. The Labute approximate surface area is 212 Å². The Morgan fingerprint density at radius 2 is 1.78 bits per heavy atom. The molecule has 0 fully saturated rings. The van der Waals surface area contributed by atoms with Gasteiger partial charge in [-0.25, -0.2) is 13.6 Å². The summed E-state index contributed by atoms with van der Waals surface area (Å²) in [6, 6.07) is 15.1. The van der Waals surface area contributed by atoms with Gasteiger partial charge in [-0.2, -0.15) is 5.10 Å². The van der Waals surface area contributed by atoms with Crippen LogP contribution < -0.4 is 15.2 Å².